The van der Waals surface area contributed by atoms with E-state index >= 15 is 0 Å². The molecule has 1 aromatic rings. The number of anilines is 1. The van der Waals surface area contributed by atoms with Gasteiger partial charge in [-0.05, 0) is 26.3 Å². The van der Waals surface area contributed by atoms with Gasteiger partial charge in [0, 0.05) is 11.1 Å². The average Bonchev–Trinajstić information content (AvgIpc) is 3.11. The van der Waals surface area contributed by atoms with E-state index in [0.29, 0.717) is 11.3 Å². The quantitative estimate of drug-likeness (QED) is 0.318. The van der Waals surface area contributed by atoms with Crippen molar-refractivity contribution in [2.24, 2.45) is 5.16 Å². The molecule has 2 atom stereocenters. The maximum absolute atomic E-state index is 12.9. The van der Waals surface area contributed by atoms with Crippen LogP contribution in [0.3, 0.4) is 0 Å². The standard InChI is InChI=1S/C18H21N5O5S2/c1-4-5-9-6-29-16-12(15(25)23(16)13(9)17(26)27)21-14(24)11(22-28-8(2)3)10-7-30-18(19)20-10/h4-5,7-8,12,16H,6H2,1-3H3,(H2,19,20)(H,21,24)(H,26,27)/b5-4-,22-11+/t12?,16-/m1/s1. The van der Waals surface area contributed by atoms with E-state index in [4.69, 9.17) is 10.6 Å². The van der Waals surface area contributed by atoms with E-state index in [1.54, 1.807) is 38.3 Å². The number of carboxylic acid groups (broad SMARTS) is 1. The summed E-state index contributed by atoms with van der Waals surface area (Å²) in [7, 11) is 0. The summed E-state index contributed by atoms with van der Waals surface area (Å²) in [6.07, 6.45) is 3.12. The molecule has 3 heterocycles. The fraction of sp³-hybridized carbons (Fsp3) is 0.389. The molecule has 30 heavy (non-hydrogen) atoms. The maximum Gasteiger partial charge on any atom is 0.352 e. The molecule has 0 radical (unpaired) electrons. The van der Waals surface area contributed by atoms with E-state index < -0.39 is 29.2 Å². The van der Waals surface area contributed by atoms with Crippen molar-refractivity contribution in [2.45, 2.75) is 38.3 Å². The number of aromatic nitrogens is 1. The molecule has 12 heteroatoms. The monoisotopic (exact) mass is 451 g/mol. The van der Waals surface area contributed by atoms with Gasteiger partial charge >= 0.3 is 5.97 Å². The number of β-lactam (4-membered cyclic amide) rings is 1. The van der Waals surface area contributed by atoms with Gasteiger partial charge in [-0.1, -0.05) is 17.3 Å². The molecule has 0 aromatic carbocycles. The molecular formula is C18H21N5O5S2. The summed E-state index contributed by atoms with van der Waals surface area (Å²) in [4.78, 5) is 47.7. The van der Waals surface area contributed by atoms with Gasteiger partial charge in [0.1, 0.15) is 28.9 Å². The summed E-state index contributed by atoms with van der Waals surface area (Å²) in [5.41, 5.74) is 6.27. The van der Waals surface area contributed by atoms with Crippen LogP contribution in [0.2, 0.25) is 0 Å². The van der Waals surface area contributed by atoms with E-state index in [1.807, 2.05) is 0 Å². The highest BCUT2D eigenvalue weighted by atomic mass is 32.2. The van der Waals surface area contributed by atoms with Crippen LogP contribution in [0, 0.1) is 0 Å². The van der Waals surface area contributed by atoms with Crippen molar-refractivity contribution in [1.29, 1.82) is 0 Å². The van der Waals surface area contributed by atoms with Crippen molar-refractivity contribution in [3.05, 3.63) is 34.5 Å². The number of thiazole rings is 1. The van der Waals surface area contributed by atoms with E-state index in [0.717, 1.165) is 11.3 Å². The highest BCUT2D eigenvalue weighted by molar-refractivity contribution is 8.00. The molecule has 10 nitrogen and oxygen atoms in total. The first-order valence-corrected chi connectivity index (χ1v) is 11.0. The maximum atomic E-state index is 12.9. The number of fused-ring (bicyclic) bond motifs is 1. The number of rotatable bonds is 7. The van der Waals surface area contributed by atoms with Crippen LogP contribution in [0.15, 0.2) is 34.0 Å². The van der Waals surface area contributed by atoms with E-state index in [-0.39, 0.29) is 28.3 Å². The SMILES string of the molecule is C/C=C\C1=C(C(=O)O)N2C(=O)C(NC(=O)/C(=N/OC(C)C)c3csc(N)n3)[C@H]2SC1. The van der Waals surface area contributed by atoms with Gasteiger partial charge in [0.25, 0.3) is 11.8 Å². The van der Waals surface area contributed by atoms with Gasteiger partial charge < -0.3 is 21.0 Å². The molecule has 1 saturated heterocycles. The van der Waals surface area contributed by atoms with Gasteiger partial charge in [0.05, 0.1) is 0 Å². The lowest BCUT2D eigenvalue weighted by atomic mass is 10.0. The third kappa shape index (κ3) is 4.19. The predicted octanol–water partition coefficient (Wildman–Crippen LogP) is 1.17. The van der Waals surface area contributed by atoms with Crippen molar-refractivity contribution in [2.75, 3.05) is 11.5 Å². The number of allylic oxidation sites excluding steroid dienone is 2. The Bertz CT molecular complexity index is 968. The van der Waals surface area contributed by atoms with Crippen LogP contribution >= 0.6 is 23.1 Å². The fourth-order valence-corrected chi connectivity index (χ4v) is 4.81. The summed E-state index contributed by atoms with van der Waals surface area (Å²) in [5.74, 6) is -1.93. The number of nitrogens with one attached hydrogen (secondary N) is 1. The zero-order chi connectivity index (χ0) is 22.0. The number of amides is 2. The average molecular weight is 452 g/mol. The van der Waals surface area contributed by atoms with E-state index in [1.165, 1.54) is 16.7 Å². The fourth-order valence-electron chi connectivity index (χ4n) is 2.94. The number of aliphatic carboxylic acids is 1. The van der Waals surface area contributed by atoms with E-state index in [2.05, 4.69) is 15.5 Å². The number of hydrogen-bond donors (Lipinski definition) is 3. The molecule has 0 bridgehead atoms. The van der Waals surface area contributed by atoms with Crippen LogP contribution in [0.1, 0.15) is 26.5 Å². The van der Waals surface area contributed by atoms with Crippen LogP contribution in [0.25, 0.3) is 0 Å². The molecule has 3 rings (SSSR count). The molecule has 2 aliphatic rings. The predicted molar refractivity (Wildman–Crippen MR) is 114 cm³/mol. The van der Waals surface area contributed by atoms with Gasteiger partial charge in [-0.2, -0.15) is 0 Å². The second-order valence-electron chi connectivity index (χ2n) is 6.70. The Morgan fingerprint density at radius 1 is 1.50 bits per heavy atom. The molecular weight excluding hydrogens is 430 g/mol. The Labute approximate surface area is 180 Å². The lowest BCUT2D eigenvalue weighted by molar-refractivity contribution is -0.150. The van der Waals surface area contributed by atoms with Gasteiger partial charge in [-0.25, -0.2) is 9.78 Å². The minimum absolute atomic E-state index is 0.0587. The van der Waals surface area contributed by atoms with Gasteiger partial charge in [0.15, 0.2) is 10.8 Å². The molecule has 0 saturated carbocycles. The lowest BCUT2D eigenvalue weighted by Gasteiger charge is -2.49. The van der Waals surface area contributed by atoms with Gasteiger partial charge in [-0.3, -0.25) is 14.5 Å². The number of carbonyl (C=O) groups excluding carboxylic acids is 2. The number of hydrogen-bond acceptors (Lipinski definition) is 9. The number of carboxylic acids is 1. The number of carbonyl (C=O) groups is 3. The van der Waals surface area contributed by atoms with Crippen molar-refractivity contribution in [1.82, 2.24) is 15.2 Å². The largest absolute Gasteiger partial charge is 0.477 e. The van der Waals surface area contributed by atoms with E-state index in [9.17, 15) is 19.5 Å². The molecule has 2 aliphatic heterocycles. The molecule has 0 spiro atoms. The number of nitrogens with zero attached hydrogens (tertiary/aromatic N) is 3. The second kappa shape index (κ2) is 8.88. The van der Waals surface area contributed by atoms with Crippen molar-refractivity contribution in [3.63, 3.8) is 0 Å². The van der Waals surface area contributed by atoms with Crippen LogP contribution in [0.4, 0.5) is 5.13 Å². The Morgan fingerprint density at radius 3 is 2.80 bits per heavy atom. The number of oxime groups is 1. The zero-order valence-corrected chi connectivity index (χ0v) is 18.1. The Hall–Kier alpha value is -2.86. The number of thioether (sulfide) groups is 1. The van der Waals surface area contributed by atoms with Crippen molar-refractivity contribution in [3.8, 4) is 0 Å². The first kappa shape index (κ1) is 21.8. The minimum Gasteiger partial charge on any atom is -0.477 e. The van der Waals surface area contributed by atoms with Crippen LogP contribution in [-0.2, 0) is 19.2 Å². The summed E-state index contributed by atoms with van der Waals surface area (Å²) in [6.45, 7) is 5.28. The third-order valence-corrected chi connectivity index (χ3v) is 6.17. The van der Waals surface area contributed by atoms with Crippen LogP contribution in [-0.4, -0.2) is 61.8 Å². The van der Waals surface area contributed by atoms with Gasteiger partial charge in [-0.15, -0.1) is 23.1 Å². The first-order chi connectivity index (χ1) is 14.2. The topological polar surface area (TPSA) is 147 Å². The Morgan fingerprint density at radius 2 is 2.23 bits per heavy atom. The molecule has 1 fully saturated rings. The third-order valence-electron chi connectivity index (χ3n) is 4.19. The Kier molecular flexibility index (Phi) is 6.46. The molecule has 0 aliphatic carbocycles. The second-order valence-corrected chi connectivity index (χ2v) is 8.70. The molecule has 4 N–H and O–H groups in total. The van der Waals surface area contributed by atoms with Crippen LogP contribution in [0.5, 0.6) is 0 Å². The molecule has 1 unspecified atom stereocenters. The normalized spacial score (nSPS) is 21.7. The van der Waals surface area contributed by atoms with Crippen LogP contribution < -0.4 is 11.1 Å². The molecule has 1 aromatic heterocycles. The number of nitrogens with two attached hydrogens (primary N) is 1. The first-order valence-electron chi connectivity index (χ1n) is 9.04. The smallest absolute Gasteiger partial charge is 0.352 e. The number of nitrogen functional groups attached to an aromatic ring is 1. The van der Waals surface area contributed by atoms with Crippen molar-refractivity contribution < 1.29 is 24.3 Å². The molecule has 2 amide bonds. The van der Waals surface area contributed by atoms with Crippen molar-refractivity contribution >= 4 is 51.7 Å². The molecule has 160 valence electrons. The summed E-state index contributed by atoms with van der Waals surface area (Å²) in [6, 6.07) is -0.885. The lowest BCUT2D eigenvalue weighted by Crippen LogP contribution is -2.71. The zero-order valence-electron chi connectivity index (χ0n) is 16.5. The Balaban J connectivity index is 1.81. The minimum atomic E-state index is -1.18. The highest BCUT2D eigenvalue weighted by Gasteiger charge is 2.54. The highest BCUT2D eigenvalue weighted by Crippen LogP contribution is 2.40. The summed E-state index contributed by atoms with van der Waals surface area (Å²) < 4.78 is 0. The summed E-state index contributed by atoms with van der Waals surface area (Å²) >= 11 is 2.52. The van der Waals surface area contributed by atoms with Gasteiger partial charge in [0.2, 0.25) is 0 Å². The summed E-state index contributed by atoms with van der Waals surface area (Å²) in [5, 5.41) is 17.4.